The number of carboxylic acids is 1. The molecule has 1 heterocycles. The van der Waals surface area contributed by atoms with Crippen molar-refractivity contribution in [1.82, 2.24) is 0 Å². The number of carboxylic acid groups (broad SMARTS) is 1. The number of carbonyl (C=O) groups is 1. The summed E-state index contributed by atoms with van der Waals surface area (Å²) in [6.07, 6.45) is 5.14. The molecule has 17 heavy (non-hydrogen) atoms. The smallest absolute Gasteiger partial charge is 0.346 e. The van der Waals surface area contributed by atoms with Gasteiger partial charge in [-0.05, 0) is 30.2 Å². The predicted molar refractivity (Wildman–Crippen MR) is 67.5 cm³/mol. The maximum atomic E-state index is 11.0. The summed E-state index contributed by atoms with van der Waals surface area (Å²) in [5, 5.41) is 10.8. The largest absolute Gasteiger partial charge is 0.477 e. The minimum atomic E-state index is -0.852. The maximum absolute atomic E-state index is 11.0. The summed E-state index contributed by atoms with van der Waals surface area (Å²) in [7, 11) is 0. The van der Waals surface area contributed by atoms with Crippen molar-refractivity contribution < 1.29 is 14.6 Å². The highest BCUT2D eigenvalue weighted by Crippen LogP contribution is 2.28. The lowest BCUT2D eigenvalue weighted by molar-refractivity contribution is -0.0156. The molecular weight excluding hydrogens is 236 g/mol. The number of hydrogen-bond acceptors (Lipinski definition) is 3. The van der Waals surface area contributed by atoms with Crippen LogP contribution in [-0.4, -0.2) is 17.2 Å². The zero-order valence-electron chi connectivity index (χ0n) is 10.0. The van der Waals surface area contributed by atoms with Gasteiger partial charge in [-0.3, -0.25) is 0 Å². The first-order valence-corrected chi connectivity index (χ1v) is 6.97. The third-order valence-corrected chi connectivity index (χ3v) is 4.37. The van der Waals surface area contributed by atoms with Crippen LogP contribution >= 0.6 is 11.3 Å². The molecule has 1 aromatic heterocycles. The average molecular weight is 254 g/mol. The second kappa shape index (κ2) is 5.65. The average Bonchev–Trinajstić information content (AvgIpc) is 2.76. The van der Waals surface area contributed by atoms with E-state index in [9.17, 15) is 4.79 Å². The quantitative estimate of drug-likeness (QED) is 0.894. The second-order valence-corrected chi connectivity index (χ2v) is 5.61. The topological polar surface area (TPSA) is 46.5 Å². The van der Waals surface area contributed by atoms with E-state index in [4.69, 9.17) is 9.84 Å². The summed E-state index contributed by atoms with van der Waals surface area (Å²) in [4.78, 5) is 11.4. The van der Waals surface area contributed by atoms with E-state index in [0.717, 1.165) is 12.0 Å². The van der Waals surface area contributed by atoms with Crippen LogP contribution in [0.4, 0.5) is 0 Å². The van der Waals surface area contributed by atoms with E-state index in [1.165, 1.54) is 30.6 Å². The van der Waals surface area contributed by atoms with Crippen LogP contribution in [0.25, 0.3) is 0 Å². The van der Waals surface area contributed by atoms with Crippen molar-refractivity contribution in [3.8, 4) is 0 Å². The fourth-order valence-corrected chi connectivity index (χ4v) is 3.11. The van der Waals surface area contributed by atoms with E-state index in [-0.39, 0.29) is 0 Å². The molecule has 3 nitrogen and oxygen atoms in total. The number of rotatable bonds is 4. The lowest BCUT2D eigenvalue weighted by Gasteiger charge is -2.28. The fraction of sp³-hybridized carbons (Fsp3) is 0.615. The van der Waals surface area contributed by atoms with E-state index in [2.05, 4.69) is 6.92 Å². The van der Waals surface area contributed by atoms with Gasteiger partial charge in [0.2, 0.25) is 0 Å². The van der Waals surface area contributed by atoms with Gasteiger partial charge in [-0.2, -0.15) is 0 Å². The molecule has 1 aromatic rings. The van der Waals surface area contributed by atoms with E-state index in [1.807, 2.05) is 11.4 Å². The number of hydrogen-bond donors (Lipinski definition) is 1. The third-order valence-electron chi connectivity index (χ3n) is 3.43. The van der Waals surface area contributed by atoms with Gasteiger partial charge in [0, 0.05) is 5.56 Å². The Morgan fingerprint density at radius 3 is 3.00 bits per heavy atom. The standard InChI is InChI=1S/C13H18O3S/c1-9-4-2-3-5-11(9)16-8-10-6-7-17-12(10)13(14)15/h6-7,9,11H,2-5,8H2,1H3,(H,14,15). The zero-order valence-corrected chi connectivity index (χ0v) is 10.8. The SMILES string of the molecule is CC1CCCCC1OCc1ccsc1C(=O)O. The lowest BCUT2D eigenvalue weighted by atomic mass is 9.88. The van der Waals surface area contributed by atoms with Crippen molar-refractivity contribution in [2.45, 2.75) is 45.3 Å². The highest BCUT2D eigenvalue weighted by molar-refractivity contribution is 7.12. The number of thiophene rings is 1. The van der Waals surface area contributed by atoms with Gasteiger partial charge in [0.15, 0.2) is 0 Å². The van der Waals surface area contributed by atoms with Crippen molar-refractivity contribution in [2.75, 3.05) is 0 Å². The Balaban J connectivity index is 1.92. The van der Waals surface area contributed by atoms with Crippen LogP contribution in [-0.2, 0) is 11.3 Å². The Hall–Kier alpha value is -0.870. The van der Waals surface area contributed by atoms with E-state index >= 15 is 0 Å². The molecule has 0 radical (unpaired) electrons. The molecule has 0 amide bonds. The van der Waals surface area contributed by atoms with Gasteiger partial charge in [0.05, 0.1) is 12.7 Å². The van der Waals surface area contributed by atoms with Crippen LogP contribution in [0, 0.1) is 5.92 Å². The van der Waals surface area contributed by atoms with Crippen molar-refractivity contribution in [3.63, 3.8) is 0 Å². The number of aromatic carboxylic acids is 1. The first-order valence-electron chi connectivity index (χ1n) is 6.09. The van der Waals surface area contributed by atoms with Gasteiger partial charge in [-0.25, -0.2) is 4.79 Å². The Morgan fingerprint density at radius 2 is 2.29 bits per heavy atom. The number of ether oxygens (including phenoxy) is 1. The molecule has 1 aliphatic rings. The van der Waals surface area contributed by atoms with Gasteiger partial charge in [0.1, 0.15) is 4.88 Å². The van der Waals surface area contributed by atoms with Crippen LogP contribution < -0.4 is 0 Å². The van der Waals surface area contributed by atoms with Crippen LogP contribution in [0.1, 0.15) is 47.8 Å². The summed E-state index contributed by atoms with van der Waals surface area (Å²) < 4.78 is 5.87. The fourth-order valence-electron chi connectivity index (χ4n) is 2.36. The van der Waals surface area contributed by atoms with Gasteiger partial charge in [0.25, 0.3) is 0 Å². The summed E-state index contributed by atoms with van der Waals surface area (Å²) in [5.74, 6) is -0.258. The molecule has 94 valence electrons. The molecule has 2 unspecified atom stereocenters. The summed E-state index contributed by atoms with van der Waals surface area (Å²) in [6.45, 7) is 2.65. The predicted octanol–water partition coefficient (Wildman–Crippen LogP) is 3.54. The van der Waals surface area contributed by atoms with Crippen molar-refractivity contribution in [3.05, 3.63) is 21.9 Å². The van der Waals surface area contributed by atoms with Crippen LogP contribution in [0.2, 0.25) is 0 Å². The highest BCUT2D eigenvalue weighted by atomic mass is 32.1. The van der Waals surface area contributed by atoms with Crippen LogP contribution in [0.15, 0.2) is 11.4 Å². The van der Waals surface area contributed by atoms with Crippen molar-refractivity contribution in [2.24, 2.45) is 5.92 Å². The Kier molecular flexibility index (Phi) is 4.18. The first kappa shape index (κ1) is 12.6. The summed E-state index contributed by atoms with van der Waals surface area (Å²) in [5.41, 5.74) is 0.806. The molecule has 0 aliphatic heterocycles. The Morgan fingerprint density at radius 1 is 1.53 bits per heavy atom. The summed E-state index contributed by atoms with van der Waals surface area (Å²) >= 11 is 1.27. The summed E-state index contributed by atoms with van der Waals surface area (Å²) in [6, 6.07) is 1.85. The molecule has 1 aliphatic carbocycles. The molecule has 2 atom stereocenters. The minimum Gasteiger partial charge on any atom is -0.477 e. The molecule has 1 N–H and O–H groups in total. The van der Waals surface area contributed by atoms with Gasteiger partial charge >= 0.3 is 5.97 Å². The van der Waals surface area contributed by atoms with E-state index in [0.29, 0.717) is 23.5 Å². The Bertz CT molecular complexity index is 386. The maximum Gasteiger partial charge on any atom is 0.346 e. The van der Waals surface area contributed by atoms with Gasteiger partial charge in [-0.1, -0.05) is 19.8 Å². The molecule has 0 spiro atoms. The molecule has 1 saturated carbocycles. The molecule has 0 saturated heterocycles. The third kappa shape index (κ3) is 3.07. The molecule has 0 aromatic carbocycles. The normalized spacial score (nSPS) is 24.8. The van der Waals surface area contributed by atoms with Crippen molar-refractivity contribution in [1.29, 1.82) is 0 Å². The molecule has 4 heteroatoms. The second-order valence-electron chi connectivity index (χ2n) is 4.69. The molecule has 1 fully saturated rings. The van der Waals surface area contributed by atoms with Crippen molar-refractivity contribution >= 4 is 17.3 Å². The molecule has 0 bridgehead atoms. The van der Waals surface area contributed by atoms with Gasteiger partial charge in [-0.15, -0.1) is 11.3 Å². The first-order chi connectivity index (χ1) is 8.18. The lowest BCUT2D eigenvalue weighted by Crippen LogP contribution is -2.25. The van der Waals surface area contributed by atoms with Gasteiger partial charge < -0.3 is 9.84 Å². The van der Waals surface area contributed by atoms with Crippen LogP contribution in [0.5, 0.6) is 0 Å². The minimum absolute atomic E-state index is 0.297. The van der Waals surface area contributed by atoms with E-state index < -0.39 is 5.97 Å². The monoisotopic (exact) mass is 254 g/mol. The van der Waals surface area contributed by atoms with E-state index in [1.54, 1.807) is 0 Å². The Labute approximate surface area is 105 Å². The highest BCUT2D eigenvalue weighted by Gasteiger charge is 2.22. The zero-order chi connectivity index (χ0) is 12.3. The molecule has 2 rings (SSSR count). The molecular formula is C13H18O3S. The van der Waals surface area contributed by atoms with Crippen LogP contribution in [0.3, 0.4) is 0 Å².